The van der Waals surface area contributed by atoms with Crippen LogP contribution in [0.4, 0.5) is 5.69 Å². The van der Waals surface area contributed by atoms with Crippen LogP contribution in [0.5, 0.6) is 0 Å². The fraction of sp³-hybridized carbons (Fsp3) is 0.333. The molecule has 0 saturated carbocycles. The first-order valence-electron chi connectivity index (χ1n) is 7.39. The number of benzene rings is 2. The van der Waals surface area contributed by atoms with Crippen molar-refractivity contribution >= 4 is 5.69 Å². The highest BCUT2D eigenvalue weighted by Crippen LogP contribution is 2.29. The molecule has 0 aromatic heterocycles. The summed E-state index contributed by atoms with van der Waals surface area (Å²) < 4.78 is 0. The Bertz CT molecular complexity index is 577. The third kappa shape index (κ3) is 2.70. The highest BCUT2D eigenvalue weighted by atomic mass is 15.1. The van der Waals surface area contributed by atoms with E-state index < -0.39 is 0 Å². The summed E-state index contributed by atoms with van der Waals surface area (Å²) in [5.74, 6) is 0. The first-order valence-corrected chi connectivity index (χ1v) is 7.39. The third-order valence-electron chi connectivity index (χ3n) is 4.09. The van der Waals surface area contributed by atoms with Crippen LogP contribution in [-0.2, 0) is 6.42 Å². The number of fused-ring (bicyclic) bond motifs is 1. The van der Waals surface area contributed by atoms with Gasteiger partial charge in [0.1, 0.15) is 0 Å². The van der Waals surface area contributed by atoms with Gasteiger partial charge in [-0.05, 0) is 37.0 Å². The van der Waals surface area contributed by atoms with Gasteiger partial charge in [0.05, 0.1) is 0 Å². The van der Waals surface area contributed by atoms with E-state index in [1.165, 1.54) is 35.2 Å². The average Bonchev–Trinajstić information content (AvgIpc) is 2.48. The standard InChI is InChI=1S/C18H22N2/c1-14-9-10-18-16(12-14)8-5-11-20(18)13-17(19)15-6-3-2-4-7-15/h2-4,6-7,9-10,12,17H,5,8,11,13,19H2,1H3. The Kier molecular flexibility index (Phi) is 3.75. The molecule has 1 aliphatic heterocycles. The van der Waals surface area contributed by atoms with Crippen molar-refractivity contribution in [3.05, 3.63) is 65.2 Å². The van der Waals surface area contributed by atoms with Crippen LogP contribution >= 0.6 is 0 Å². The number of rotatable bonds is 3. The summed E-state index contributed by atoms with van der Waals surface area (Å²) in [5, 5.41) is 0. The molecule has 2 heteroatoms. The van der Waals surface area contributed by atoms with Crippen LogP contribution in [0.1, 0.15) is 29.2 Å². The lowest BCUT2D eigenvalue weighted by molar-refractivity contribution is 0.625. The highest BCUT2D eigenvalue weighted by molar-refractivity contribution is 5.57. The Morgan fingerprint density at radius 3 is 2.75 bits per heavy atom. The molecule has 2 N–H and O–H groups in total. The quantitative estimate of drug-likeness (QED) is 0.922. The Morgan fingerprint density at radius 1 is 1.15 bits per heavy atom. The molecule has 0 saturated heterocycles. The Balaban J connectivity index is 1.80. The van der Waals surface area contributed by atoms with E-state index >= 15 is 0 Å². The van der Waals surface area contributed by atoms with Crippen LogP contribution in [-0.4, -0.2) is 13.1 Å². The zero-order chi connectivity index (χ0) is 13.9. The second-order valence-corrected chi connectivity index (χ2v) is 5.70. The minimum atomic E-state index is 0.0726. The van der Waals surface area contributed by atoms with Gasteiger partial charge >= 0.3 is 0 Å². The summed E-state index contributed by atoms with van der Waals surface area (Å²) in [5.41, 5.74) is 11.8. The van der Waals surface area contributed by atoms with Gasteiger partial charge in [0.25, 0.3) is 0 Å². The third-order valence-corrected chi connectivity index (χ3v) is 4.09. The van der Waals surface area contributed by atoms with Crippen molar-refractivity contribution in [2.75, 3.05) is 18.0 Å². The van der Waals surface area contributed by atoms with E-state index in [9.17, 15) is 0 Å². The molecular formula is C18H22N2. The van der Waals surface area contributed by atoms with Crippen LogP contribution in [0.2, 0.25) is 0 Å². The van der Waals surface area contributed by atoms with Crippen molar-refractivity contribution in [1.82, 2.24) is 0 Å². The van der Waals surface area contributed by atoms with Crippen molar-refractivity contribution in [3.63, 3.8) is 0 Å². The minimum absolute atomic E-state index is 0.0726. The zero-order valence-corrected chi connectivity index (χ0v) is 12.0. The number of aryl methyl sites for hydroxylation is 2. The van der Waals surface area contributed by atoms with Gasteiger partial charge in [-0.15, -0.1) is 0 Å². The summed E-state index contributed by atoms with van der Waals surface area (Å²) in [6.45, 7) is 4.16. The maximum Gasteiger partial charge on any atom is 0.0473 e. The minimum Gasteiger partial charge on any atom is -0.369 e. The molecular weight excluding hydrogens is 244 g/mol. The fourth-order valence-corrected chi connectivity index (χ4v) is 3.04. The molecule has 2 aromatic rings. The molecule has 1 aliphatic rings. The predicted octanol–water partition coefficient (Wildman–Crippen LogP) is 3.45. The summed E-state index contributed by atoms with van der Waals surface area (Å²) in [4.78, 5) is 2.44. The van der Waals surface area contributed by atoms with Gasteiger partial charge in [-0.25, -0.2) is 0 Å². The predicted molar refractivity (Wildman–Crippen MR) is 85.1 cm³/mol. The molecule has 0 amide bonds. The molecule has 0 spiro atoms. The van der Waals surface area contributed by atoms with Gasteiger partial charge in [-0.1, -0.05) is 48.0 Å². The van der Waals surface area contributed by atoms with Crippen LogP contribution in [0.3, 0.4) is 0 Å². The van der Waals surface area contributed by atoms with Gasteiger partial charge in [-0.3, -0.25) is 0 Å². The molecule has 0 fully saturated rings. The van der Waals surface area contributed by atoms with Gasteiger partial charge < -0.3 is 10.6 Å². The monoisotopic (exact) mass is 266 g/mol. The lowest BCUT2D eigenvalue weighted by Gasteiger charge is -2.33. The molecule has 104 valence electrons. The number of nitrogens with zero attached hydrogens (tertiary/aromatic N) is 1. The first-order chi connectivity index (χ1) is 9.74. The average molecular weight is 266 g/mol. The smallest absolute Gasteiger partial charge is 0.0473 e. The van der Waals surface area contributed by atoms with Crippen LogP contribution in [0.15, 0.2) is 48.5 Å². The van der Waals surface area contributed by atoms with E-state index in [0.29, 0.717) is 0 Å². The largest absolute Gasteiger partial charge is 0.369 e. The fourth-order valence-electron chi connectivity index (χ4n) is 3.04. The Labute approximate surface area is 121 Å². The second-order valence-electron chi connectivity index (χ2n) is 5.70. The Morgan fingerprint density at radius 2 is 1.95 bits per heavy atom. The number of hydrogen-bond donors (Lipinski definition) is 1. The van der Waals surface area contributed by atoms with E-state index in [1.54, 1.807) is 0 Å². The topological polar surface area (TPSA) is 29.3 Å². The Hall–Kier alpha value is -1.80. The van der Waals surface area contributed by atoms with E-state index in [4.69, 9.17) is 5.73 Å². The van der Waals surface area contributed by atoms with Crippen molar-refractivity contribution in [3.8, 4) is 0 Å². The molecule has 3 rings (SSSR count). The summed E-state index contributed by atoms with van der Waals surface area (Å²) in [7, 11) is 0. The van der Waals surface area contributed by atoms with E-state index in [-0.39, 0.29) is 6.04 Å². The number of anilines is 1. The van der Waals surface area contributed by atoms with Crippen molar-refractivity contribution < 1.29 is 0 Å². The van der Waals surface area contributed by atoms with Crippen molar-refractivity contribution in [2.24, 2.45) is 5.73 Å². The SMILES string of the molecule is Cc1ccc2c(c1)CCCN2CC(N)c1ccccc1. The normalized spacial score (nSPS) is 15.8. The van der Waals surface area contributed by atoms with Crippen LogP contribution in [0, 0.1) is 6.92 Å². The second kappa shape index (κ2) is 5.68. The molecule has 2 aromatic carbocycles. The summed E-state index contributed by atoms with van der Waals surface area (Å²) >= 11 is 0. The van der Waals surface area contributed by atoms with Crippen molar-refractivity contribution in [1.29, 1.82) is 0 Å². The van der Waals surface area contributed by atoms with Gasteiger partial charge in [0, 0.05) is 24.8 Å². The van der Waals surface area contributed by atoms with E-state index in [1.807, 2.05) is 6.07 Å². The van der Waals surface area contributed by atoms with Crippen LogP contribution < -0.4 is 10.6 Å². The molecule has 1 heterocycles. The number of nitrogens with two attached hydrogens (primary N) is 1. The number of hydrogen-bond acceptors (Lipinski definition) is 2. The zero-order valence-electron chi connectivity index (χ0n) is 12.0. The van der Waals surface area contributed by atoms with Gasteiger partial charge in [0.15, 0.2) is 0 Å². The first kappa shape index (κ1) is 13.2. The maximum absolute atomic E-state index is 6.37. The van der Waals surface area contributed by atoms with Gasteiger partial charge in [-0.2, -0.15) is 0 Å². The van der Waals surface area contributed by atoms with Crippen molar-refractivity contribution in [2.45, 2.75) is 25.8 Å². The molecule has 1 unspecified atom stereocenters. The lowest BCUT2D eigenvalue weighted by Crippen LogP contribution is -2.36. The molecule has 0 aliphatic carbocycles. The van der Waals surface area contributed by atoms with Crippen LogP contribution in [0.25, 0.3) is 0 Å². The molecule has 0 bridgehead atoms. The maximum atomic E-state index is 6.37. The molecule has 0 radical (unpaired) electrons. The molecule has 20 heavy (non-hydrogen) atoms. The summed E-state index contributed by atoms with van der Waals surface area (Å²) in [6.07, 6.45) is 2.41. The summed E-state index contributed by atoms with van der Waals surface area (Å²) in [6, 6.07) is 17.2. The molecule has 1 atom stereocenters. The lowest BCUT2D eigenvalue weighted by atomic mass is 9.98. The van der Waals surface area contributed by atoms with E-state index in [2.05, 4.69) is 54.3 Å². The van der Waals surface area contributed by atoms with E-state index in [0.717, 1.165) is 13.1 Å². The van der Waals surface area contributed by atoms with Gasteiger partial charge in [0.2, 0.25) is 0 Å². The highest BCUT2D eigenvalue weighted by Gasteiger charge is 2.19. The molecule has 2 nitrogen and oxygen atoms in total.